The van der Waals surface area contributed by atoms with E-state index in [0.29, 0.717) is 28.2 Å². The summed E-state index contributed by atoms with van der Waals surface area (Å²) >= 11 is 0. The van der Waals surface area contributed by atoms with Crippen molar-refractivity contribution in [3.63, 3.8) is 0 Å². The average Bonchev–Trinajstić information content (AvgIpc) is 0.732. The quantitative estimate of drug-likeness (QED) is 0.128. The zero-order valence-electron chi connectivity index (χ0n) is 104. The van der Waals surface area contributed by atoms with Gasteiger partial charge in [-0.05, 0) is 246 Å². The van der Waals surface area contributed by atoms with Crippen molar-refractivity contribution in [3.8, 4) is 66.8 Å². The largest absolute Gasteiger partial charge is 0.0632 e. The number of hydrogen-bond acceptors (Lipinski definition) is 0. The van der Waals surface area contributed by atoms with Crippen LogP contribution in [0.15, 0.2) is 352 Å². The summed E-state index contributed by atoms with van der Waals surface area (Å²) in [6, 6.07) is 88.7. The van der Waals surface area contributed by atoms with Crippen LogP contribution in [0.3, 0.4) is 0 Å². The third kappa shape index (κ3) is 31.8. The normalized spacial score (nSPS) is 14.9. The summed E-state index contributed by atoms with van der Waals surface area (Å²) in [7, 11) is 0. The standard InChI is InChI=1S/C23H24.C22H34.C22H22.2C16H18.2C13H20.C11H16/c1-17-10-8-13-19(16-17)21-15-9-14-20(22(21)23(2,3)4)18-11-6-5-7-12-18;2*1-22(2,3)21-19(17-11-6-4-7-12-17)15-10-16-20(21)18-13-8-5-9-14-18;2*1-16(2,3)15-12-8-7-11-14(15)13-9-5-4-6-10-13;2*1-10(2)11-8-6-7-9-12(11)13(3,4)5;1-9-7-5-6-8-10(9)11(2,3)4/h5-16H,1-4H3;10,15-18H,4-9,11-14H2,1-3H3;4-16H,1-3H3;2*4-12H,1-3H3;2*6-10H,1-5H3;5-8H,1-4H3/i5D,6D,7D,8D,10D,11D,12D,13D,16D;;;4D,5D,6D,9D,10D;;10D;;. The second kappa shape index (κ2) is 49.4. The van der Waals surface area contributed by atoms with Gasteiger partial charge in [0.2, 0.25) is 0 Å². The Morgan fingerprint density at radius 2 is 0.515 bits per heavy atom. The first-order valence-electron chi connectivity index (χ1n) is 57.5. The van der Waals surface area contributed by atoms with Gasteiger partial charge < -0.3 is 0 Å². The Balaban J connectivity index is 0.000000195. The Morgan fingerprint density at radius 3 is 0.853 bits per heavy atom. The highest BCUT2D eigenvalue weighted by atomic mass is 14.4. The summed E-state index contributed by atoms with van der Waals surface area (Å²) in [5, 5.41) is 0. The summed E-state index contributed by atoms with van der Waals surface area (Å²) in [4.78, 5) is 0. The highest BCUT2D eigenvalue weighted by Crippen LogP contribution is 2.47. The van der Waals surface area contributed by atoms with E-state index >= 15 is 0 Å². The lowest BCUT2D eigenvalue weighted by Crippen LogP contribution is -2.22. The van der Waals surface area contributed by atoms with E-state index in [1.165, 1.54) is 137 Å². The minimum Gasteiger partial charge on any atom is -0.0622 e. The first kappa shape index (κ1) is 87.8. The molecular weight excluding hydrogens is 1630 g/mol. The SMILES string of the molecule is CC(C)(C)c1c(-c2ccccc2)cccc1-c1ccccc1.CC(C)(C)c1c(C2CCCCC2)cccc1C1CCCCC1.CC(C)(C)c1ccccc1-c1ccccc1.CC(C)c1ccccc1C(C)(C)C.Cc1ccccc1C(C)(C)C.[2H]C(C)(C)c1ccccc1C(C)(C)C.[2H]c1c([2H])c([2H])c(-c2cccc(-c3c([2H])c([2H])c([2H])c(C)c3[2H])c2C(C)(C)C)c([2H])c1[2H].[2H]c1c([2H])c([2H])c(-c2ccccc2C(C)(C)C)c([2H])c1[2H]. The van der Waals surface area contributed by atoms with Gasteiger partial charge in [-0.3, -0.25) is 0 Å². The predicted molar refractivity (Wildman–Crippen MR) is 603 cm³/mol. The maximum atomic E-state index is 8.59. The lowest BCUT2D eigenvalue weighted by Gasteiger charge is -2.35. The van der Waals surface area contributed by atoms with Crippen LogP contribution in [0.2, 0.25) is 0 Å². The van der Waals surface area contributed by atoms with Crippen LogP contribution in [0.5, 0.6) is 0 Å². The fourth-order valence-corrected chi connectivity index (χ4v) is 19.2. The van der Waals surface area contributed by atoms with Crippen LogP contribution in [0.4, 0.5) is 0 Å². The smallest absolute Gasteiger partial charge is 0.0622 e. The van der Waals surface area contributed by atoms with E-state index in [4.69, 9.17) is 20.6 Å². The first-order valence-corrected chi connectivity index (χ1v) is 50.0. The summed E-state index contributed by atoms with van der Waals surface area (Å²) in [6.45, 7) is 65.1. The van der Waals surface area contributed by atoms with Gasteiger partial charge in [0.15, 0.2) is 0 Å². The Kier molecular flexibility index (Phi) is 31.9. The molecule has 0 bridgehead atoms. The molecule has 2 aliphatic carbocycles. The molecule has 0 atom stereocenters. The molecule has 14 aromatic rings. The van der Waals surface area contributed by atoms with Crippen LogP contribution in [-0.2, 0) is 43.3 Å². The van der Waals surface area contributed by atoms with Gasteiger partial charge in [0.05, 0.1) is 19.2 Å². The fraction of sp³-hybridized carbons (Fsp3) is 0.382. The van der Waals surface area contributed by atoms with Crippen molar-refractivity contribution >= 4 is 0 Å². The second-order valence-corrected chi connectivity index (χ2v) is 45.7. The minimum atomic E-state index is -0.594. The van der Waals surface area contributed by atoms with Crippen LogP contribution >= 0.6 is 0 Å². The van der Waals surface area contributed by atoms with Gasteiger partial charge in [0, 0.05) is 1.37 Å². The van der Waals surface area contributed by atoms with E-state index in [2.05, 4.69) is 364 Å². The summed E-state index contributed by atoms with van der Waals surface area (Å²) in [5.74, 6) is 1.76. The van der Waals surface area contributed by atoms with Gasteiger partial charge in [-0.1, -0.05) is 589 Å². The lowest BCUT2D eigenvalue weighted by atomic mass is 9.70. The van der Waals surface area contributed by atoms with Crippen LogP contribution < -0.4 is 0 Å². The summed E-state index contributed by atoms with van der Waals surface area (Å²) in [6.07, 6.45) is 14.3. The maximum absolute atomic E-state index is 8.59. The fourth-order valence-electron chi connectivity index (χ4n) is 19.2. The second-order valence-electron chi connectivity index (χ2n) is 45.7. The molecule has 16 rings (SSSR count). The van der Waals surface area contributed by atoms with Crippen molar-refractivity contribution in [1.82, 2.24) is 0 Å². The molecule has 136 heavy (non-hydrogen) atoms. The zero-order chi connectivity index (χ0) is 113. The monoisotopic (exact) mass is 1820 g/mol. The van der Waals surface area contributed by atoms with Gasteiger partial charge in [-0.25, -0.2) is 0 Å². The highest BCUT2D eigenvalue weighted by Gasteiger charge is 2.32. The third-order valence-electron chi connectivity index (χ3n) is 25.5. The van der Waals surface area contributed by atoms with Crippen molar-refractivity contribution in [2.75, 3.05) is 0 Å². The molecule has 0 heteroatoms. The lowest BCUT2D eigenvalue weighted by molar-refractivity contribution is 0.420. The molecule has 0 aliphatic heterocycles. The van der Waals surface area contributed by atoms with Crippen LogP contribution in [0.25, 0.3) is 66.8 Å². The summed E-state index contributed by atoms with van der Waals surface area (Å²) in [5.41, 5.74) is 28.4. The van der Waals surface area contributed by atoms with Gasteiger partial charge in [0.25, 0.3) is 0 Å². The Hall–Kier alpha value is -10.9. The Labute approximate surface area is 850 Å². The van der Waals surface area contributed by atoms with Crippen LogP contribution in [0.1, 0.15) is 380 Å². The molecule has 0 unspecified atom stereocenters. The molecule has 0 spiro atoms. The number of rotatable bonds is 10. The number of benzene rings is 14. The third-order valence-corrected chi connectivity index (χ3v) is 25.5. The number of hydrogen-bond donors (Lipinski definition) is 0. The maximum Gasteiger partial charge on any atom is 0.0632 e. The topological polar surface area (TPSA) is 0 Å². The van der Waals surface area contributed by atoms with E-state index in [0.717, 1.165) is 23.0 Å². The molecule has 14 aromatic carbocycles. The molecule has 716 valence electrons. The zero-order valence-corrected chi connectivity index (χ0v) is 88.7. The van der Waals surface area contributed by atoms with Crippen molar-refractivity contribution in [3.05, 3.63) is 429 Å². The molecular formula is C136H172. The van der Waals surface area contributed by atoms with Crippen molar-refractivity contribution < 1.29 is 20.6 Å². The van der Waals surface area contributed by atoms with Crippen LogP contribution in [-0.4, -0.2) is 0 Å². The molecule has 0 saturated heterocycles. The minimum absolute atomic E-state index is 0.0280. The number of aryl methyl sites for hydroxylation is 1. The van der Waals surface area contributed by atoms with Gasteiger partial charge >= 0.3 is 0 Å². The molecule has 0 amide bonds. The van der Waals surface area contributed by atoms with E-state index in [-0.39, 0.29) is 127 Å². The van der Waals surface area contributed by atoms with Gasteiger partial charge in [0.1, 0.15) is 0 Å². The van der Waals surface area contributed by atoms with Gasteiger partial charge in [-0.2, -0.15) is 0 Å². The Bertz CT molecular complexity index is 6570. The van der Waals surface area contributed by atoms with E-state index in [1.54, 1.807) is 41.8 Å². The van der Waals surface area contributed by atoms with E-state index in [9.17, 15) is 0 Å². The molecule has 2 aliphatic rings. The van der Waals surface area contributed by atoms with Crippen molar-refractivity contribution in [2.45, 2.75) is 339 Å². The summed E-state index contributed by atoms with van der Waals surface area (Å²) < 4.78 is 122. The molecule has 2 saturated carbocycles. The molecule has 0 nitrogen and oxygen atoms in total. The average molecular weight is 1820 g/mol. The molecule has 0 heterocycles. The Morgan fingerprint density at radius 1 is 0.235 bits per heavy atom. The predicted octanol–water partition coefficient (Wildman–Crippen LogP) is 40.8. The molecule has 0 aromatic heterocycles. The molecule has 0 radical (unpaired) electrons. The van der Waals surface area contributed by atoms with E-state index in [1.807, 2.05) is 85.7 Å². The van der Waals surface area contributed by atoms with E-state index < -0.39 is 29.4 Å². The van der Waals surface area contributed by atoms with Crippen molar-refractivity contribution in [1.29, 1.82) is 0 Å². The van der Waals surface area contributed by atoms with Crippen LogP contribution in [0, 0.1) is 13.8 Å². The van der Waals surface area contributed by atoms with Gasteiger partial charge in [-0.15, -0.1) is 0 Å². The molecule has 0 N–H and O–H groups in total. The van der Waals surface area contributed by atoms with Crippen molar-refractivity contribution in [2.24, 2.45) is 0 Å². The first-order chi connectivity index (χ1) is 70.3. The molecule has 2 fully saturated rings. The highest BCUT2D eigenvalue weighted by molar-refractivity contribution is 5.82.